The highest BCUT2D eigenvalue weighted by Crippen LogP contribution is 2.46. The summed E-state index contributed by atoms with van der Waals surface area (Å²) in [4.78, 5) is 55.2. The number of hydrogen-bond acceptors (Lipinski definition) is 8. The number of nitrogens with zero attached hydrogens (tertiary/aromatic N) is 1. The molecule has 2 aliphatic heterocycles. The van der Waals surface area contributed by atoms with Crippen LogP contribution in [0.3, 0.4) is 0 Å². The van der Waals surface area contributed by atoms with E-state index in [1.54, 1.807) is 26.8 Å². The molecule has 3 heterocycles. The third kappa shape index (κ3) is 7.09. The molecule has 1 saturated heterocycles. The van der Waals surface area contributed by atoms with E-state index in [1.165, 1.54) is 11.0 Å². The minimum absolute atomic E-state index is 0.00996. The van der Waals surface area contributed by atoms with Crippen molar-refractivity contribution in [3.63, 3.8) is 0 Å². The zero-order valence-electron chi connectivity index (χ0n) is 25.3. The van der Waals surface area contributed by atoms with Crippen LogP contribution < -0.4 is 15.4 Å². The van der Waals surface area contributed by atoms with Gasteiger partial charge < -0.3 is 20.3 Å². The molecule has 1 aromatic heterocycles. The number of ether oxygens (including phenoxy) is 1. The Morgan fingerprint density at radius 2 is 1.86 bits per heavy atom. The highest BCUT2D eigenvalue weighted by atomic mass is 32.2. The normalized spacial score (nSPS) is 26.5. The Balaban J connectivity index is 1.37. The SMILES string of the molecule is CC(C)(C)OC(=O)N[C@H]1CCCCCC=C[C@@H]2C[C@@]2(C(=O)NS(=O)(=O)c2cc3ccccc3s2)NC(=O)[C@@H]2CCCN2C1=O. The van der Waals surface area contributed by atoms with Gasteiger partial charge in [-0.15, -0.1) is 11.3 Å². The maximum Gasteiger partial charge on any atom is 0.408 e. The van der Waals surface area contributed by atoms with Crippen molar-refractivity contribution in [1.82, 2.24) is 20.3 Å². The highest BCUT2D eigenvalue weighted by molar-refractivity contribution is 7.92. The Bertz CT molecular complexity index is 1550. The van der Waals surface area contributed by atoms with Crippen LogP contribution in [-0.2, 0) is 29.1 Å². The Labute approximate surface area is 261 Å². The summed E-state index contributed by atoms with van der Waals surface area (Å²) in [6.45, 7) is 5.55. The van der Waals surface area contributed by atoms with Gasteiger partial charge in [0.25, 0.3) is 15.9 Å². The summed E-state index contributed by atoms with van der Waals surface area (Å²) in [5.74, 6) is -2.09. The smallest absolute Gasteiger partial charge is 0.408 e. The molecular formula is C31H40N4O7S2. The van der Waals surface area contributed by atoms with Gasteiger partial charge in [0.15, 0.2) is 0 Å². The quantitative estimate of drug-likeness (QED) is 0.426. The van der Waals surface area contributed by atoms with Crippen molar-refractivity contribution in [2.24, 2.45) is 5.92 Å². The van der Waals surface area contributed by atoms with Crippen molar-refractivity contribution >= 4 is 55.3 Å². The van der Waals surface area contributed by atoms with E-state index in [1.807, 2.05) is 30.4 Å². The molecule has 0 spiro atoms. The van der Waals surface area contributed by atoms with Crippen LogP contribution >= 0.6 is 11.3 Å². The zero-order valence-corrected chi connectivity index (χ0v) is 26.9. The zero-order chi connectivity index (χ0) is 31.7. The first-order chi connectivity index (χ1) is 20.8. The van der Waals surface area contributed by atoms with Crippen LogP contribution in [0, 0.1) is 5.92 Å². The number of rotatable bonds is 4. The number of nitrogens with one attached hydrogen (secondary N) is 3. The van der Waals surface area contributed by atoms with Gasteiger partial charge in [0.05, 0.1) is 0 Å². The standard InChI is InChI=1S/C31H40N4O7S2/c1-30(2,3)42-29(39)32-22-14-8-6-4-5-7-13-21-19-31(21,33-26(36)23-15-11-17-35(23)27(22)37)28(38)34-44(40,41)25-18-20-12-9-10-16-24(20)43-25/h7,9-10,12-13,16,18,21-23H,4-6,8,11,14-15,17,19H2,1-3H3,(H,32,39)(H,33,36)(H,34,38)/t21-,22+,23+,31-/m1/s1. The number of sulfonamides is 1. The van der Waals surface area contributed by atoms with E-state index in [2.05, 4.69) is 15.4 Å². The van der Waals surface area contributed by atoms with Crippen molar-refractivity contribution in [3.8, 4) is 0 Å². The third-order valence-corrected chi connectivity index (χ3v) is 11.1. The van der Waals surface area contributed by atoms with E-state index in [-0.39, 0.29) is 22.5 Å². The van der Waals surface area contributed by atoms with Crippen molar-refractivity contribution in [1.29, 1.82) is 0 Å². The third-order valence-electron chi connectivity index (χ3n) is 8.22. The minimum atomic E-state index is -4.20. The van der Waals surface area contributed by atoms with Crippen LogP contribution in [-0.4, -0.2) is 66.9 Å². The Morgan fingerprint density at radius 3 is 2.61 bits per heavy atom. The van der Waals surface area contributed by atoms with Gasteiger partial charge in [-0.05, 0) is 76.8 Å². The molecule has 4 amide bonds. The fourth-order valence-corrected chi connectivity index (χ4v) is 8.33. The molecule has 2 fully saturated rings. The molecule has 13 heteroatoms. The fraction of sp³-hybridized carbons (Fsp3) is 0.548. The summed E-state index contributed by atoms with van der Waals surface area (Å²) in [6, 6.07) is 7.03. The molecule has 5 rings (SSSR count). The van der Waals surface area contributed by atoms with E-state index < -0.39 is 51.2 Å². The second kappa shape index (κ2) is 12.5. The maximum atomic E-state index is 13.7. The summed E-state index contributed by atoms with van der Waals surface area (Å²) in [7, 11) is -4.20. The van der Waals surface area contributed by atoms with Gasteiger partial charge in [-0.3, -0.25) is 14.4 Å². The first-order valence-electron chi connectivity index (χ1n) is 15.1. The van der Waals surface area contributed by atoms with E-state index in [4.69, 9.17) is 4.74 Å². The summed E-state index contributed by atoms with van der Waals surface area (Å²) in [6.07, 6.45) is 7.78. The molecule has 1 aromatic carbocycles. The van der Waals surface area contributed by atoms with Crippen molar-refractivity contribution in [3.05, 3.63) is 42.5 Å². The average Bonchev–Trinajstić information content (AvgIpc) is 3.28. The van der Waals surface area contributed by atoms with E-state index in [9.17, 15) is 27.6 Å². The predicted octanol–water partition coefficient (Wildman–Crippen LogP) is 3.99. The first-order valence-corrected chi connectivity index (χ1v) is 17.4. The van der Waals surface area contributed by atoms with Gasteiger partial charge in [-0.2, -0.15) is 0 Å². The summed E-state index contributed by atoms with van der Waals surface area (Å²) in [5.41, 5.74) is -2.20. The molecule has 238 valence electrons. The van der Waals surface area contributed by atoms with Crippen LogP contribution in [0.1, 0.15) is 72.1 Å². The lowest BCUT2D eigenvalue weighted by Crippen LogP contribution is -2.58. The lowest BCUT2D eigenvalue weighted by molar-refractivity contribution is -0.141. The molecule has 11 nitrogen and oxygen atoms in total. The van der Waals surface area contributed by atoms with Gasteiger partial charge in [-0.1, -0.05) is 43.2 Å². The number of hydrogen-bond donors (Lipinski definition) is 3. The Hall–Kier alpha value is -3.45. The van der Waals surface area contributed by atoms with Crippen molar-refractivity contribution in [2.75, 3.05) is 6.54 Å². The molecule has 3 N–H and O–H groups in total. The topological polar surface area (TPSA) is 151 Å². The largest absolute Gasteiger partial charge is 0.444 e. The number of allylic oxidation sites excluding steroid dienone is 1. The van der Waals surface area contributed by atoms with Crippen LogP contribution in [0.25, 0.3) is 10.1 Å². The lowest BCUT2D eigenvalue weighted by Gasteiger charge is -2.30. The lowest BCUT2D eigenvalue weighted by atomic mass is 10.0. The molecule has 3 aliphatic rings. The average molecular weight is 645 g/mol. The van der Waals surface area contributed by atoms with E-state index in [0.717, 1.165) is 40.7 Å². The number of fused-ring (bicyclic) bond motifs is 3. The second-order valence-corrected chi connectivity index (χ2v) is 15.8. The molecule has 1 saturated carbocycles. The maximum absolute atomic E-state index is 13.7. The Morgan fingerprint density at radius 1 is 1.09 bits per heavy atom. The first kappa shape index (κ1) is 32.0. The summed E-state index contributed by atoms with van der Waals surface area (Å²) >= 11 is 1.06. The van der Waals surface area contributed by atoms with Gasteiger partial charge >= 0.3 is 6.09 Å². The molecular weight excluding hydrogens is 604 g/mol. The molecule has 0 radical (unpaired) electrons. The molecule has 4 atom stereocenters. The van der Waals surface area contributed by atoms with Gasteiger partial charge in [0.1, 0.15) is 27.4 Å². The highest BCUT2D eigenvalue weighted by Gasteiger charge is 2.61. The molecule has 2 aromatic rings. The molecule has 44 heavy (non-hydrogen) atoms. The number of amides is 4. The summed E-state index contributed by atoms with van der Waals surface area (Å²) < 4.78 is 35.0. The Kier molecular flexibility index (Phi) is 9.08. The molecule has 0 unspecified atom stereocenters. The van der Waals surface area contributed by atoms with Gasteiger partial charge in [-0.25, -0.2) is 17.9 Å². The van der Waals surface area contributed by atoms with Crippen molar-refractivity contribution < 1.29 is 32.3 Å². The van der Waals surface area contributed by atoms with Gasteiger partial charge in [0.2, 0.25) is 11.8 Å². The number of alkyl carbamates (subject to hydrolysis) is 1. The van der Waals surface area contributed by atoms with Gasteiger partial charge in [0, 0.05) is 17.2 Å². The minimum Gasteiger partial charge on any atom is -0.444 e. The predicted molar refractivity (Wildman–Crippen MR) is 166 cm³/mol. The second-order valence-electron chi connectivity index (χ2n) is 12.8. The van der Waals surface area contributed by atoms with Crippen LogP contribution in [0.15, 0.2) is 46.7 Å². The van der Waals surface area contributed by atoms with Crippen LogP contribution in [0.4, 0.5) is 4.79 Å². The number of thiophene rings is 1. The number of benzene rings is 1. The number of carbonyl (C=O) groups is 4. The van der Waals surface area contributed by atoms with E-state index >= 15 is 0 Å². The van der Waals surface area contributed by atoms with Crippen LogP contribution in [0.2, 0.25) is 0 Å². The fourth-order valence-electron chi connectivity index (χ4n) is 5.90. The summed E-state index contributed by atoms with van der Waals surface area (Å²) in [5, 5.41) is 6.31. The monoisotopic (exact) mass is 644 g/mol. The van der Waals surface area contributed by atoms with Crippen molar-refractivity contribution in [2.45, 2.75) is 99.6 Å². The molecule has 0 bridgehead atoms. The molecule has 1 aliphatic carbocycles. The number of carbonyl (C=O) groups excluding carboxylic acids is 4. The van der Waals surface area contributed by atoms with Crippen LogP contribution in [0.5, 0.6) is 0 Å². The van der Waals surface area contributed by atoms with E-state index in [0.29, 0.717) is 32.2 Å².